The van der Waals surface area contributed by atoms with Gasteiger partial charge < -0.3 is 23.1 Å². The summed E-state index contributed by atoms with van der Waals surface area (Å²) in [5, 5.41) is 0.0499. The molecule has 208 valence electrons. The summed E-state index contributed by atoms with van der Waals surface area (Å²) in [6.45, 7) is 28.0. The molecule has 0 aromatic heterocycles. The minimum atomic E-state index is -2.21. The lowest BCUT2D eigenvalue weighted by Crippen LogP contribution is -2.66. The molecule has 1 aromatic carbocycles. The van der Waals surface area contributed by atoms with Gasteiger partial charge >= 0.3 is 0 Å². The second-order valence-corrected chi connectivity index (χ2v) is 23.1. The SMILES string of the molecule is CO[C@H]1O[C@@H](C)[C@H](O[Si](C(C)C)(C(C)C)C(C)C)[C@@H](O[Si](C)(C)C(C)(C)C)[C@H]1OCc1ccccc1. The van der Waals surface area contributed by atoms with E-state index in [2.05, 4.69) is 94.5 Å². The van der Waals surface area contributed by atoms with Crippen LogP contribution in [0.5, 0.6) is 0 Å². The van der Waals surface area contributed by atoms with Crippen molar-refractivity contribution in [3.63, 3.8) is 0 Å². The molecule has 5 atom stereocenters. The molecule has 1 saturated heterocycles. The molecule has 1 fully saturated rings. The summed E-state index contributed by atoms with van der Waals surface area (Å²) in [5.41, 5.74) is 2.50. The summed E-state index contributed by atoms with van der Waals surface area (Å²) in [7, 11) is -2.69. The number of benzene rings is 1. The Bertz CT molecular complexity index is 769. The van der Waals surface area contributed by atoms with Gasteiger partial charge in [0.25, 0.3) is 0 Å². The number of methoxy groups -OCH3 is 1. The standard InChI is InChI=1S/C29H54O5Si2/c1-20(2)36(21(3)4,22(5)6)34-25-23(7)32-28(30-11)27(31-19-24-17-15-14-16-18-24)26(25)33-35(12,13)29(8,9)10/h14-18,20-23,25-28H,19H2,1-13H3/t23-,25-,26+,27+,28-/m0/s1. The molecule has 1 aliphatic rings. The molecule has 0 unspecified atom stereocenters. The van der Waals surface area contributed by atoms with Gasteiger partial charge in [-0.1, -0.05) is 92.6 Å². The lowest BCUT2D eigenvalue weighted by atomic mass is 9.99. The van der Waals surface area contributed by atoms with E-state index in [0.29, 0.717) is 23.2 Å². The molecule has 36 heavy (non-hydrogen) atoms. The first-order valence-electron chi connectivity index (χ1n) is 13.8. The molecule has 0 amide bonds. The second-order valence-electron chi connectivity index (χ2n) is 12.9. The van der Waals surface area contributed by atoms with Crippen LogP contribution in [0.1, 0.15) is 74.8 Å². The molecule has 7 heteroatoms. The molecule has 0 aliphatic carbocycles. The van der Waals surface area contributed by atoms with Gasteiger partial charge in [0.15, 0.2) is 14.6 Å². The van der Waals surface area contributed by atoms with E-state index >= 15 is 0 Å². The zero-order valence-electron chi connectivity index (χ0n) is 25.3. The highest BCUT2D eigenvalue weighted by Crippen LogP contribution is 2.46. The average molecular weight is 539 g/mol. The third kappa shape index (κ3) is 6.90. The van der Waals surface area contributed by atoms with Crippen molar-refractivity contribution in [3.05, 3.63) is 35.9 Å². The molecular weight excluding hydrogens is 484 g/mol. The molecule has 1 aromatic rings. The molecule has 0 radical (unpaired) electrons. The molecule has 5 nitrogen and oxygen atoms in total. The van der Waals surface area contributed by atoms with Crippen LogP contribution in [0.25, 0.3) is 0 Å². The highest BCUT2D eigenvalue weighted by Gasteiger charge is 2.55. The van der Waals surface area contributed by atoms with Gasteiger partial charge in [0.2, 0.25) is 8.32 Å². The van der Waals surface area contributed by atoms with Crippen molar-refractivity contribution in [1.82, 2.24) is 0 Å². The first-order chi connectivity index (χ1) is 16.6. The fourth-order valence-corrected chi connectivity index (χ4v) is 12.5. The number of rotatable bonds is 11. The van der Waals surface area contributed by atoms with Crippen molar-refractivity contribution in [2.75, 3.05) is 7.11 Å². The Morgan fingerprint density at radius 3 is 1.81 bits per heavy atom. The van der Waals surface area contributed by atoms with Crippen molar-refractivity contribution in [2.45, 2.75) is 141 Å². The maximum absolute atomic E-state index is 7.40. The third-order valence-electron chi connectivity index (χ3n) is 8.53. The average Bonchev–Trinajstić information content (AvgIpc) is 2.76. The maximum Gasteiger partial charge on any atom is 0.201 e. The van der Waals surface area contributed by atoms with Gasteiger partial charge in [-0.3, -0.25) is 0 Å². The smallest absolute Gasteiger partial charge is 0.201 e. The summed E-state index contributed by atoms with van der Waals surface area (Å²) in [4.78, 5) is 0. The minimum Gasteiger partial charge on any atom is -0.408 e. The summed E-state index contributed by atoms with van der Waals surface area (Å²) in [5.74, 6) is 0. The maximum atomic E-state index is 7.40. The molecule has 0 saturated carbocycles. The van der Waals surface area contributed by atoms with Crippen LogP contribution in [0.3, 0.4) is 0 Å². The van der Waals surface area contributed by atoms with Crippen LogP contribution in [0, 0.1) is 0 Å². The Labute approximate surface area is 223 Å². The summed E-state index contributed by atoms with van der Waals surface area (Å²) in [6, 6.07) is 10.3. The Kier molecular flexibility index (Phi) is 11.0. The van der Waals surface area contributed by atoms with Crippen LogP contribution < -0.4 is 0 Å². The van der Waals surface area contributed by atoms with E-state index in [1.165, 1.54) is 0 Å². The molecule has 0 spiro atoms. The van der Waals surface area contributed by atoms with Gasteiger partial charge in [0, 0.05) is 7.11 Å². The number of hydrogen-bond acceptors (Lipinski definition) is 5. The quantitative estimate of drug-likeness (QED) is 0.268. The van der Waals surface area contributed by atoms with Crippen LogP contribution >= 0.6 is 0 Å². The molecule has 1 aliphatic heterocycles. The van der Waals surface area contributed by atoms with Gasteiger partial charge in [-0.15, -0.1) is 0 Å². The highest BCUT2D eigenvalue weighted by molar-refractivity contribution is 6.77. The van der Waals surface area contributed by atoms with Gasteiger partial charge in [-0.25, -0.2) is 0 Å². The number of hydrogen-bond donors (Lipinski definition) is 0. The second kappa shape index (κ2) is 12.5. The van der Waals surface area contributed by atoms with Crippen molar-refractivity contribution in [3.8, 4) is 0 Å². The van der Waals surface area contributed by atoms with E-state index in [9.17, 15) is 0 Å². The van der Waals surface area contributed by atoms with Gasteiger partial charge in [-0.2, -0.15) is 0 Å². The zero-order valence-corrected chi connectivity index (χ0v) is 27.3. The number of ether oxygens (including phenoxy) is 3. The monoisotopic (exact) mass is 538 g/mol. The molecule has 1 heterocycles. The van der Waals surface area contributed by atoms with Crippen LogP contribution in [0.4, 0.5) is 0 Å². The Morgan fingerprint density at radius 2 is 1.36 bits per heavy atom. The van der Waals surface area contributed by atoms with E-state index in [1.807, 2.05) is 18.2 Å². The van der Waals surface area contributed by atoms with Crippen LogP contribution in [0.15, 0.2) is 30.3 Å². The first-order valence-corrected chi connectivity index (χ1v) is 18.8. The van der Waals surface area contributed by atoms with E-state index in [4.69, 9.17) is 23.1 Å². The summed E-state index contributed by atoms with van der Waals surface area (Å²) < 4.78 is 33.5. The van der Waals surface area contributed by atoms with Crippen molar-refractivity contribution < 1.29 is 23.1 Å². The third-order valence-corrected chi connectivity index (χ3v) is 19.1. The van der Waals surface area contributed by atoms with E-state index < -0.39 is 29.0 Å². The topological polar surface area (TPSA) is 46.2 Å². The highest BCUT2D eigenvalue weighted by atomic mass is 28.4. The largest absolute Gasteiger partial charge is 0.408 e. The molecule has 0 bridgehead atoms. The normalized spacial score (nSPS) is 26.3. The summed E-state index contributed by atoms with van der Waals surface area (Å²) in [6.07, 6.45) is -1.61. The zero-order chi connectivity index (χ0) is 27.5. The molecule has 2 rings (SSSR count). The van der Waals surface area contributed by atoms with Crippen LogP contribution in [-0.4, -0.2) is 54.5 Å². The Morgan fingerprint density at radius 1 is 0.833 bits per heavy atom. The lowest BCUT2D eigenvalue weighted by molar-refractivity contribution is -0.293. The van der Waals surface area contributed by atoms with Crippen LogP contribution in [0.2, 0.25) is 34.8 Å². The summed E-state index contributed by atoms with van der Waals surface area (Å²) >= 11 is 0. The van der Waals surface area contributed by atoms with Crippen LogP contribution in [-0.2, 0) is 29.7 Å². The fourth-order valence-electron chi connectivity index (χ4n) is 5.56. The molecule has 0 N–H and O–H groups in total. The van der Waals surface area contributed by atoms with Crippen molar-refractivity contribution in [2.24, 2.45) is 0 Å². The van der Waals surface area contributed by atoms with Crippen molar-refractivity contribution >= 4 is 16.6 Å². The van der Waals surface area contributed by atoms with E-state index in [0.717, 1.165) is 5.56 Å². The predicted octanol–water partition coefficient (Wildman–Crippen LogP) is 7.91. The predicted molar refractivity (Wildman–Crippen MR) is 154 cm³/mol. The Balaban J connectivity index is 2.55. The Hall–Kier alpha value is -0.546. The minimum absolute atomic E-state index is 0.0499. The van der Waals surface area contributed by atoms with E-state index in [1.54, 1.807) is 7.11 Å². The first kappa shape index (κ1) is 31.7. The van der Waals surface area contributed by atoms with Gasteiger partial charge in [0.05, 0.1) is 18.8 Å². The molecular formula is C29H54O5Si2. The fraction of sp³-hybridized carbons (Fsp3) is 0.793. The lowest BCUT2D eigenvalue weighted by Gasteiger charge is -2.53. The van der Waals surface area contributed by atoms with Gasteiger partial charge in [0.1, 0.15) is 12.2 Å². The van der Waals surface area contributed by atoms with E-state index in [-0.39, 0.29) is 23.4 Å². The van der Waals surface area contributed by atoms with Gasteiger partial charge in [-0.05, 0) is 47.2 Å². The van der Waals surface area contributed by atoms with Crippen molar-refractivity contribution in [1.29, 1.82) is 0 Å².